The van der Waals surface area contributed by atoms with Crippen LogP contribution in [0, 0.1) is 18.3 Å². The van der Waals surface area contributed by atoms with Gasteiger partial charge in [0, 0.05) is 18.1 Å². The maximum atomic E-state index is 8.87. The molecule has 0 atom stereocenters. The van der Waals surface area contributed by atoms with Crippen molar-refractivity contribution < 1.29 is 0 Å². The van der Waals surface area contributed by atoms with Gasteiger partial charge in [-0.05, 0) is 46.6 Å². The van der Waals surface area contributed by atoms with Gasteiger partial charge in [0.2, 0.25) is 0 Å². The summed E-state index contributed by atoms with van der Waals surface area (Å²) in [5.41, 5.74) is 4.29. The molecule has 0 N–H and O–H groups in total. The molecule has 0 saturated heterocycles. The number of hydrogen-bond donors (Lipinski definition) is 0. The molecule has 96 valence electrons. The molecule has 0 aliphatic rings. The standard InChI is InChI=1S/C16H15BrN2/c1-12-3-5-13(6-4-12)11-19(2)16-8-7-14(10-18)9-15(16)17/h3-9H,11H2,1-2H3. The van der Waals surface area contributed by atoms with Gasteiger partial charge in [-0.2, -0.15) is 5.26 Å². The van der Waals surface area contributed by atoms with E-state index in [9.17, 15) is 0 Å². The summed E-state index contributed by atoms with van der Waals surface area (Å²) >= 11 is 3.52. The van der Waals surface area contributed by atoms with Crippen LogP contribution in [0.15, 0.2) is 46.9 Å². The largest absolute Gasteiger partial charge is 0.369 e. The Hall–Kier alpha value is -1.79. The van der Waals surface area contributed by atoms with Crippen molar-refractivity contribution in [2.24, 2.45) is 0 Å². The number of rotatable bonds is 3. The van der Waals surface area contributed by atoms with Crippen molar-refractivity contribution in [1.29, 1.82) is 5.26 Å². The smallest absolute Gasteiger partial charge is 0.0992 e. The van der Waals surface area contributed by atoms with Crippen molar-refractivity contribution in [3.63, 3.8) is 0 Å². The van der Waals surface area contributed by atoms with Gasteiger partial charge in [0.1, 0.15) is 0 Å². The highest BCUT2D eigenvalue weighted by molar-refractivity contribution is 9.10. The second kappa shape index (κ2) is 5.90. The van der Waals surface area contributed by atoms with Gasteiger partial charge in [-0.3, -0.25) is 0 Å². The Morgan fingerprint density at radius 2 is 1.84 bits per heavy atom. The number of aryl methyl sites for hydroxylation is 1. The molecule has 0 fully saturated rings. The molecular weight excluding hydrogens is 300 g/mol. The van der Waals surface area contributed by atoms with Gasteiger partial charge in [0.05, 0.1) is 17.3 Å². The van der Waals surface area contributed by atoms with Crippen LogP contribution in [0.25, 0.3) is 0 Å². The van der Waals surface area contributed by atoms with Gasteiger partial charge in [0.15, 0.2) is 0 Å². The molecule has 0 bridgehead atoms. The molecule has 0 saturated carbocycles. The number of anilines is 1. The Labute approximate surface area is 122 Å². The molecule has 2 rings (SSSR count). The number of hydrogen-bond acceptors (Lipinski definition) is 2. The van der Waals surface area contributed by atoms with E-state index in [-0.39, 0.29) is 0 Å². The van der Waals surface area contributed by atoms with E-state index in [1.165, 1.54) is 11.1 Å². The summed E-state index contributed by atoms with van der Waals surface area (Å²) in [6.45, 7) is 2.93. The molecule has 0 aliphatic carbocycles. The highest BCUT2D eigenvalue weighted by Gasteiger charge is 2.07. The molecule has 0 radical (unpaired) electrons. The second-order valence-electron chi connectivity index (χ2n) is 4.62. The van der Waals surface area contributed by atoms with Gasteiger partial charge < -0.3 is 4.90 Å². The Balaban J connectivity index is 2.18. The third-order valence-corrected chi connectivity index (χ3v) is 3.66. The summed E-state index contributed by atoms with van der Waals surface area (Å²) in [5.74, 6) is 0. The van der Waals surface area contributed by atoms with Crippen molar-refractivity contribution >= 4 is 21.6 Å². The van der Waals surface area contributed by atoms with E-state index in [2.05, 4.69) is 58.1 Å². The van der Waals surface area contributed by atoms with E-state index in [0.29, 0.717) is 5.56 Å². The van der Waals surface area contributed by atoms with E-state index in [1.54, 1.807) is 0 Å². The molecule has 2 aromatic rings. The van der Waals surface area contributed by atoms with E-state index >= 15 is 0 Å². The lowest BCUT2D eigenvalue weighted by molar-refractivity contribution is 0.919. The molecule has 2 aromatic carbocycles. The maximum absolute atomic E-state index is 8.87. The summed E-state index contributed by atoms with van der Waals surface area (Å²) in [6, 6.07) is 16.3. The third-order valence-electron chi connectivity index (χ3n) is 3.03. The SMILES string of the molecule is Cc1ccc(CN(C)c2ccc(C#N)cc2Br)cc1. The lowest BCUT2D eigenvalue weighted by atomic mass is 10.1. The fourth-order valence-corrected chi connectivity index (χ4v) is 2.62. The average Bonchev–Trinajstić information content (AvgIpc) is 2.41. The van der Waals surface area contributed by atoms with Crippen LogP contribution in [0.3, 0.4) is 0 Å². The number of nitrogens with zero attached hydrogens (tertiary/aromatic N) is 2. The predicted octanol–water partition coefficient (Wildman–Crippen LogP) is 4.27. The van der Waals surface area contributed by atoms with Crippen LogP contribution >= 0.6 is 15.9 Å². The van der Waals surface area contributed by atoms with Crippen LogP contribution < -0.4 is 4.90 Å². The zero-order chi connectivity index (χ0) is 13.8. The normalized spacial score (nSPS) is 10.0. The lowest BCUT2D eigenvalue weighted by Gasteiger charge is -2.21. The van der Waals surface area contributed by atoms with Crippen molar-refractivity contribution in [3.05, 3.63) is 63.6 Å². The van der Waals surface area contributed by atoms with E-state index < -0.39 is 0 Å². The third kappa shape index (κ3) is 3.36. The van der Waals surface area contributed by atoms with Gasteiger partial charge in [-0.15, -0.1) is 0 Å². The summed E-state index contributed by atoms with van der Waals surface area (Å²) < 4.78 is 0.946. The minimum Gasteiger partial charge on any atom is -0.369 e. The molecule has 0 spiro atoms. The predicted molar refractivity (Wildman–Crippen MR) is 82.1 cm³/mol. The number of nitriles is 1. The van der Waals surface area contributed by atoms with E-state index in [4.69, 9.17) is 5.26 Å². The fraction of sp³-hybridized carbons (Fsp3) is 0.188. The number of benzene rings is 2. The van der Waals surface area contributed by atoms with Crippen LogP contribution in [0.5, 0.6) is 0 Å². The fourth-order valence-electron chi connectivity index (χ4n) is 1.94. The summed E-state index contributed by atoms with van der Waals surface area (Å²) in [5, 5.41) is 8.87. The van der Waals surface area contributed by atoms with Crippen molar-refractivity contribution in [2.45, 2.75) is 13.5 Å². The minimum absolute atomic E-state index is 0.666. The molecular formula is C16H15BrN2. The van der Waals surface area contributed by atoms with Crippen molar-refractivity contribution in [3.8, 4) is 6.07 Å². The quantitative estimate of drug-likeness (QED) is 0.846. The highest BCUT2D eigenvalue weighted by atomic mass is 79.9. The topological polar surface area (TPSA) is 27.0 Å². The van der Waals surface area contributed by atoms with Crippen LogP contribution in [0.1, 0.15) is 16.7 Å². The van der Waals surface area contributed by atoms with E-state index in [1.807, 2.05) is 25.2 Å². The lowest BCUT2D eigenvalue weighted by Crippen LogP contribution is -2.16. The Morgan fingerprint density at radius 3 is 2.42 bits per heavy atom. The molecule has 19 heavy (non-hydrogen) atoms. The first-order valence-electron chi connectivity index (χ1n) is 6.06. The number of halogens is 1. The average molecular weight is 315 g/mol. The van der Waals surface area contributed by atoms with Gasteiger partial charge in [0.25, 0.3) is 0 Å². The van der Waals surface area contributed by atoms with Crippen LogP contribution in [0.2, 0.25) is 0 Å². The Bertz CT molecular complexity index is 612. The molecule has 0 amide bonds. The van der Waals surface area contributed by atoms with Crippen LogP contribution in [0.4, 0.5) is 5.69 Å². The zero-order valence-corrected chi connectivity index (χ0v) is 12.6. The van der Waals surface area contributed by atoms with Crippen molar-refractivity contribution in [2.75, 3.05) is 11.9 Å². The minimum atomic E-state index is 0.666. The zero-order valence-electron chi connectivity index (χ0n) is 11.0. The van der Waals surface area contributed by atoms with Gasteiger partial charge in [-0.25, -0.2) is 0 Å². The first-order valence-corrected chi connectivity index (χ1v) is 6.86. The van der Waals surface area contributed by atoms with Gasteiger partial charge in [-0.1, -0.05) is 29.8 Å². The summed E-state index contributed by atoms with van der Waals surface area (Å²) in [4.78, 5) is 2.16. The first kappa shape index (κ1) is 13.6. The monoisotopic (exact) mass is 314 g/mol. The van der Waals surface area contributed by atoms with Gasteiger partial charge >= 0.3 is 0 Å². The van der Waals surface area contributed by atoms with Crippen LogP contribution in [-0.2, 0) is 6.54 Å². The van der Waals surface area contributed by atoms with Crippen molar-refractivity contribution in [1.82, 2.24) is 0 Å². The first-order chi connectivity index (χ1) is 9.10. The highest BCUT2D eigenvalue weighted by Crippen LogP contribution is 2.27. The van der Waals surface area contributed by atoms with E-state index in [0.717, 1.165) is 16.7 Å². The molecule has 3 heteroatoms. The van der Waals surface area contributed by atoms with Crippen LogP contribution in [-0.4, -0.2) is 7.05 Å². The molecule has 2 nitrogen and oxygen atoms in total. The molecule has 0 aromatic heterocycles. The summed E-state index contributed by atoms with van der Waals surface area (Å²) in [7, 11) is 2.05. The molecule has 0 heterocycles. The maximum Gasteiger partial charge on any atom is 0.0992 e. The Kier molecular flexibility index (Phi) is 4.24. The second-order valence-corrected chi connectivity index (χ2v) is 5.47. The summed E-state index contributed by atoms with van der Waals surface area (Å²) in [6.07, 6.45) is 0. The Morgan fingerprint density at radius 1 is 1.16 bits per heavy atom. The molecule has 0 aliphatic heterocycles. The molecule has 0 unspecified atom stereocenters.